The fraction of sp³-hybridized carbons (Fsp3) is 0.257. The van der Waals surface area contributed by atoms with Crippen molar-refractivity contribution in [1.29, 1.82) is 0 Å². The highest BCUT2D eigenvalue weighted by atomic mass is 16.5. The first kappa shape index (κ1) is 27.1. The summed E-state index contributed by atoms with van der Waals surface area (Å²) >= 11 is 0. The molecule has 4 rings (SSSR count). The topological polar surface area (TPSA) is 38.7 Å². The van der Waals surface area contributed by atoms with E-state index in [2.05, 4.69) is 67.4 Å². The van der Waals surface area contributed by atoms with Gasteiger partial charge in [0.15, 0.2) is 0 Å². The second kappa shape index (κ2) is 14.1. The number of hydrogen-bond acceptors (Lipinski definition) is 3. The molecule has 3 nitrogen and oxygen atoms in total. The van der Waals surface area contributed by atoms with Crippen molar-refractivity contribution in [3.8, 4) is 16.9 Å². The Kier molecular flexibility index (Phi) is 10.0. The molecular weight excluding hydrogens is 466 g/mol. The highest BCUT2D eigenvalue weighted by Crippen LogP contribution is 2.22. The van der Waals surface area contributed by atoms with E-state index in [4.69, 9.17) is 4.74 Å². The minimum atomic E-state index is -0.364. The van der Waals surface area contributed by atoms with Crippen LogP contribution in [0.25, 0.3) is 11.1 Å². The van der Waals surface area contributed by atoms with Crippen molar-refractivity contribution in [1.82, 2.24) is 0 Å². The van der Waals surface area contributed by atoms with Crippen LogP contribution in [0.1, 0.15) is 66.6 Å². The van der Waals surface area contributed by atoms with Crippen molar-refractivity contribution in [3.05, 3.63) is 125 Å². The number of aryl methyl sites for hydroxylation is 1. The molecule has 0 aliphatic carbocycles. The molecule has 3 heteroatoms. The smallest absolute Gasteiger partial charge is 0.343 e. The molecule has 0 aliphatic heterocycles. The Bertz CT molecular complexity index is 1290. The SMILES string of the molecule is CCCCCCc1ccc(-c2ccc(C(=O)Oc3ccc(C=N[C@@H](C)Cc4ccccc4)cc3)cc2)cc1. The quantitative estimate of drug-likeness (QED) is 0.0839. The van der Waals surface area contributed by atoms with E-state index >= 15 is 0 Å². The number of benzene rings is 4. The lowest BCUT2D eigenvalue weighted by atomic mass is 10.0. The third-order valence-electron chi connectivity index (χ3n) is 6.67. The van der Waals surface area contributed by atoms with Gasteiger partial charge < -0.3 is 4.74 Å². The first-order valence-electron chi connectivity index (χ1n) is 13.7. The molecule has 0 saturated carbocycles. The van der Waals surface area contributed by atoms with Crippen LogP contribution in [0.4, 0.5) is 0 Å². The maximum atomic E-state index is 12.7. The van der Waals surface area contributed by atoms with Crippen molar-refractivity contribution < 1.29 is 9.53 Å². The summed E-state index contributed by atoms with van der Waals surface area (Å²) in [4.78, 5) is 17.3. The summed E-state index contributed by atoms with van der Waals surface area (Å²) < 4.78 is 5.59. The summed E-state index contributed by atoms with van der Waals surface area (Å²) in [5.41, 5.74) is 6.40. The number of hydrogen-bond donors (Lipinski definition) is 0. The van der Waals surface area contributed by atoms with Gasteiger partial charge in [-0.15, -0.1) is 0 Å². The van der Waals surface area contributed by atoms with Gasteiger partial charge in [0.05, 0.1) is 11.6 Å². The number of rotatable bonds is 12. The summed E-state index contributed by atoms with van der Waals surface area (Å²) in [7, 11) is 0. The number of unbranched alkanes of at least 4 members (excludes halogenated alkanes) is 3. The average molecular weight is 504 g/mol. The fourth-order valence-electron chi connectivity index (χ4n) is 4.43. The number of aliphatic imine (C=N–C) groups is 1. The molecule has 1 atom stereocenters. The standard InChI is InChI=1S/C35H37NO2/c1-3-4-5-7-10-28-13-17-31(18-14-28)32-19-21-33(22-20-32)35(37)38-34-23-15-30(16-24-34)26-36-27(2)25-29-11-8-6-9-12-29/h6,8-9,11-24,26-27H,3-5,7,10,25H2,1-2H3/t27-/m0/s1. The van der Waals surface area contributed by atoms with Crippen LogP contribution in [0.15, 0.2) is 108 Å². The highest BCUT2D eigenvalue weighted by molar-refractivity contribution is 5.91. The Morgan fingerprint density at radius 2 is 1.42 bits per heavy atom. The fourth-order valence-corrected chi connectivity index (χ4v) is 4.43. The molecule has 194 valence electrons. The van der Waals surface area contributed by atoms with Crippen molar-refractivity contribution in [3.63, 3.8) is 0 Å². The summed E-state index contributed by atoms with van der Waals surface area (Å²) in [5, 5.41) is 0. The Morgan fingerprint density at radius 1 is 0.763 bits per heavy atom. The van der Waals surface area contributed by atoms with Crippen molar-refractivity contribution in [2.75, 3.05) is 0 Å². The van der Waals surface area contributed by atoms with Crippen LogP contribution in [-0.4, -0.2) is 18.2 Å². The van der Waals surface area contributed by atoms with Gasteiger partial charge in [0, 0.05) is 6.21 Å². The third kappa shape index (κ3) is 8.27. The average Bonchev–Trinajstić information content (AvgIpc) is 2.96. The molecular formula is C35H37NO2. The van der Waals surface area contributed by atoms with E-state index in [1.54, 1.807) is 12.1 Å². The second-order valence-corrected chi connectivity index (χ2v) is 9.86. The molecule has 0 aliphatic rings. The van der Waals surface area contributed by atoms with Crippen LogP contribution in [0, 0.1) is 0 Å². The minimum absolute atomic E-state index is 0.186. The molecule has 0 N–H and O–H groups in total. The zero-order chi connectivity index (χ0) is 26.6. The van der Waals surface area contributed by atoms with Gasteiger partial charge in [0.25, 0.3) is 0 Å². The Hall–Kier alpha value is -3.98. The second-order valence-electron chi connectivity index (χ2n) is 9.86. The van der Waals surface area contributed by atoms with Crippen LogP contribution in [0.3, 0.4) is 0 Å². The van der Waals surface area contributed by atoms with Crippen molar-refractivity contribution in [2.24, 2.45) is 4.99 Å². The lowest BCUT2D eigenvalue weighted by molar-refractivity contribution is 0.0735. The minimum Gasteiger partial charge on any atom is -0.423 e. The van der Waals surface area contributed by atoms with Gasteiger partial charge in [-0.25, -0.2) is 4.79 Å². The van der Waals surface area contributed by atoms with E-state index in [-0.39, 0.29) is 12.0 Å². The molecule has 38 heavy (non-hydrogen) atoms. The number of esters is 1. The maximum absolute atomic E-state index is 12.7. The zero-order valence-corrected chi connectivity index (χ0v) is 22.5. The molecule has 0 saturated heterocycles. The maximum Gasteiger partial charge on any atom is 0.343 e. The Balaban J connectivity index is 1.28. The summed E-state index contributed by atoms with van der Waals surface area (Å²) in [6.45, 7) is 4.35. The molecule has 4 aromatic carbocycles. The van der Waals surface area contributed by atoms with Crippen LogP contribution < -0.4 is 4.74 Å². The monoisotopic (exact) mass is 503 g/mol. The molecule has 0 unspecified atom stereocenters. The largest absolute Gasteiger partial charge is 0.423 e. The lowest BCUT2D eigenvalue weighted by Gasteiger charge is -2.08. The molecule has 0 aromatic heterocycles. The third-order valence-corrected chi connectivity index (χ3v) is 6.67. The van der Waals surface area contributed by atoms with Crippen LogP contribution in [0.5, 0.6) is 5.75 Å². The van der Waals surface area contributed by atoms with Gasteiger partial charge in [0.2, 0.25) is 0 Å². The number of nitrogens with zero attached hydrogens (tertiary/aromatic N) is 1. The van der Waals surface area contributed by atoms with Crippen molar-refractivity contribution in [2.45, 2.75) is 58.4 Å². The zero-order valence-electron chi connectivity index (χ0n) is 22.5. The van der Waals surface area contributed by atoms with Gasteiger partial charge in [-0.3, -0.25) is 4.99 Å². The van der Waals surface area contributed by atoms with Crippen LogP contribution >= 0.6 is 0 Å². The summed E-state index contributed by atoms with van der Waals surface area (Å²) in [5.74, 6) is 0.153. The van der Waals surface area contributed by atoms with E-state index in [1.807, 2.05) is 48.7 Å². The Labute approximate surface area is 227 Å². The van der Waals surface area contributed by atoms with E-state index in [1.165, 1.54) is 36.8 Å². The van der Waals surface area contributed by atoms with Gasteiger partial charge in [-0.05, 0) is 90.4 Å². The predicted octanol–water partition coefficient (Wildman–Crippen LogP) is 8.75. The predicted molar refractivity (Wildman–Crippen MR) is 158 cm³/mol. The van der Waals surface area contributed by atoms with Crippen molar-refractivity contribution >= 4 is 12.2 Å². The number of carbonyl (C=O) groups is 1. The normalized spacial score (nSPS) is 11.9. The molecule has 0 radical (unpaired) electrons. The first-order valence-corrected chi connectivity index (χ1v) is 13.7. The van der Waals surface area contributed by atoms with Crippen LogP contribution in [-0.2, 0) is 12.8 Å². The van der Waals surface area contributed by atoms with Gasteiger partial charge in [-0.2, -0.15) is 0 Å². The number of ether oxygens (including phenoxy) is 1. The summed E-state index contributed by atoms with van der Waals surface area (Å²) in [6.07, 6.45) is 9.01. The molecule has 0 amide bonds. The Morgan fingerprint density at radius 3 is 2.08 bits per heavy atom. The molecule has 0 bridgehead atoms. The molecule has 4 aromatic rings. The number of carbonyl (C=O) groups excluding carboxylic acids is 1. The van der Waals surface area contributed by atoms with Gasteiger partial charge >= 0.3 is 5.97 Å². The molecule has 0 spiro atoms. The van der Waals surface area contributed by atoms with Crippen LogP contribution in [0.2, 0.25) is 0 Å². The van der Waals surface area contributed by atoms with Gasteiger partial charge in [0.1, 0.15) is 5.75 Å². The van der Waals surface area contributed by atoms with E-state index in [9.17, 15) is 4.79 Å². The highest BCUT2D eigenvalue weighted by Gasteiger charge is 2.09. The van der Waals surface area contributed by atoms with E-state index in [0.29, 0.717) is 11.3 Å². The molecule has 0 heterocycles. The molecule has 0 fully saturated rings. The van der Waals surface area contributed by atoms with E-state index in [0.717, 1.165) is 29.5 Å². The van der Waals surface area contributed by atoms with Gasteiger partial charge in [-0.1, -0.05) is 92.9 Å². The first-order chi connectivity index (χ1) is 18.6. The lowest BCUT2D eigenvalue weighted by Crippen LogP contribution is -2.08. The summed E-state index contributed by atoms with van der Waals surface area (Å²) in [6, 6.07) is 34.3. The van der Waals surface area contributed by atoms with E-state index < -0.39 is 0 Å².